The standard InChI is InChI=1S/C29H24BrClN2O7S/c1-41(38,39)20-4-2-3-16(11-20)12-23(29(36)37)32-27(34)25-22(31)13-19-15-33(9-7-21(19)26(25)30)28(35)18-6-5-17-8-10-40-24(17)14-18/h2-6,8,10-11,13-14,23H,7,9,12,15H2,1H3,(H,32,34)(H,36,37)/t23-/m0/s1. The van der Waals surface area contributed by atoms with Crippen molar-refractivity contribution < 1.29 is 32.3 Å². The number of carboxylic acids is 1. The zero-order chi connectivity index (χ0) is 29.5. The summed E-state index contributed by atoms with van der Waals surface area (Å²) in [6.45, 7) is 0.677. The van der Waals surface area contributed by atoms with Crippen LogP contribution >= 0.6 is 27.5 Å². The summed E-state index contributed by atoms with van der Waals surface area (Å²) in [5.41, 5.74) is 3.22. The van der Waals surface area contributed by atoms with Gasteiger partial charge in [0.2, 0.25) is 0 Å². The Morgan fingerprint density at radius 3 is 2.66 bits per heavy atom. The number of halogens is 2. The number of nitrogens with one attached hydrogen (secondary N) is 1. The summed E-state index contributed by atoms with van der Waals surface area (Å²) < 4.78 is 29.6. The van der Waals surface area contributed by atoms with Crippen LogP contribution in [0.4, 0.5) is 0 Å². The number of nitrogens with zero attached hydrogens (tertiary/aromatic N) is 1. The Balaban J connectivity index is 1.35. The van der Waals surface area contributed by atoms with Crippen LogP contribution in [0.1, 0.15) is 37.4 Å². The van der Waals surface area contributed by atoms with Crippen LogP contribution < -0.4 is 5.32 Å². The number of amides is 2. The number of furan rings is 1. The van der Waals surface area contributed by atoms with Crippen LogP contribution in [0.15, 0.2) is 74.6 Å². The van der Waals surface area contributed by atoms with E-state index in [9.17, 15) is 27.9 Å². The van der Waals surface area contributed by atoms with Gasteiger partial charge in [-0.3, -0.25) is 9.59 Å². The molecule has 0 fully saturated rings. The molecule has 41 heavy (non-hydrogen) atoms. The second-order valence-electron chi connectivity index (χ2n) is 9.82. The van der Waals surface area contributed by atoms with E-state index in [1.165, 1.54) is 18.2 Å². The Hall–Kier alpha value is -3.67. The van der Waals surface area contributed by atoms with Gasteiger partial charge in [-0.2, -0.15) is 0 Å². The maximum Gasteiger partial charge on any atom is 0.326 e. The number of hydrogen-bond acceptors (Lipinski definition) is 6. The predicted octanol–water partition coefficient (Wildman–Crippen LogP) is 4.88. The Kier molecular flexibility index (Phi) is 7.95. The van der Waals surface area contributed by atoms with Crippen molar-refractivity contribution in [3.8, 4) is 0 Å². The highest BCUT2D eigenvalue weighted by atomic mass is 79.9. The third kappa shape index (κ3) is 6.02. The molecule has 2 heterocycles. The molecular weight excluding hydrogens is 636 g/mol. The van der Waals surface area contributed by atoms with E-state index in [-0.39, 0.29) is 34.4 Å². The fourth-order valence-electron chi connectivity index (χ4n) is 4.87. The minimum atomic E-state index is -3.49. The van der Waals surface area contributed by atoms with E-state index in [4.69, 9.17) is 16.0 Å². The fraction of sp³-hybridized carbons (Fsp3) is 0.207. The number of hydrogen-bond donors (Lipinski definition) is 2. The van der Waals surface area contributed by atoms with E-state index in [1.807, 2.05) is 12.1 Å². The molecule has 4 aromatic rings. The smallest absolute Gasteiger partial charge is 0.326 e. The van der Waals surface area contributed by atoms with E-state index in [0.717, 1.165) is 22.8 Å². The first kappa shape index (κ1) is 28.8. The van der Waals surface area contributed by atoms with Crippen molar-refractivity contribution in [1.29, 1.82) is 0 Å². The van der Waals surface area contributed by atoms with E-state index in [1.54, 1.807) is 35.4 Å². The molecule has 12 heteroatoms. The minimum Gasteiger partial charge on any atom is -0.480 e. The maximum absolute atomic E-state index is 13.3. The Morgan fingerprint density at radius 2 is 1.93 bits per heavy atom. The van der Waals surface area contributed by atoms with Crippen LogP contribution in [0.25, 0.3) is 11.0 Å². The topological polar surface area (TPSA) is 134 Å². The van der Waals surface area contributed by atoms with Crippen LogP contribution in [-0.4, -0.2) is 55.1 Å². The second-order valence-corrected chi connectivity index (χ2v) is 13.0. The summed E-state index contributed by atoms with van der Waals surface area (Å²) in [6.07, 6.45) is 2.94. The van der Waals surface area contributed by atoms with Crippen molar-refractivity contribution in [2.75, 3.05) is 12.8 Å². The van der Waals surface area contributed by atoms with Gasteiger partial charge in [0.15, 0.2) is 9.84 Å². The molecule has 0 saturated heterocycles. The average Bonchev–Trinajstić information content (AvgIpc) is 3.39. The molecule has 0 bridgehead atoms. The lowest BCUT2D eigenvalue weighted by molar-refractivity contribution is -0.139. The molecule has 1 aromatic heterocycles. The Labute approximate surface area is 249 Å². The second kappa shape index (κ2) is 11.3. The monoisotopic (exact) mass is 658 g/mol. The summed E-state index contributed by atoms with van der Waals surface area (Å²) in [7, 11) is -3.49. The zero-order valence-electron chi connectivity index (χ0n) is 21.7. The van der Waals surface area contributed by atoms with Crippen molar-refractivity contribution in [1.82, 2.24) is 10.2 Å². The third-order valence-electron chi connectivity index (χ3n) is 6.99. The minimum absolute atomic E-state index is 0.0555. The van der Waals surface area contributed by atoms with Gasteiger partial charge >= 0.3 is 5.97 Å². The number of aliphatic carboxylic acids is 1. The first-order valence-corrected chi connectivity index (χ1v) is 15.6. The molecule has 1 aliphatic heterocycles. The Morgan fingerprint density at radius 1 is 1.15 bits per heavy atom. The van der Waals surface area contributed by atoms with Crippen LogP contribution in [-0.2, 0) is 34.0 Å². The molecule has 5 rings (SSSR count). The number of carboxylic acid groups (broad SMARTS) is 1. The van der Waals surface area contributed by atoms with E-state index < -0.39 is 27.8 Å². The van der Waals surface area contributed by atoms with Crippen LogP contribution in [0.5, 0.6) is 0 Å². The van der Waals surface area contributed by atoms with Crippen LogP contribution in [0.2, 0.25) is 5.02 Å². The van der Waals surface area contributed by atoms with Crippen molar-refractivity contribution >= 4 is 66.1 Å². The highest BCUT2D eigenvalue weighted by molar-refractivity contribution is 9.10. The molecular formula is C29H24BrClN2O7S. The quantitative estimate of drug-likeness (QED) is 0.289. The highest BCUT2D eigenvalue weighted by Gasteiger charge is 2.29. The van der Waals surface area contributed by atoms with Gasteiger partial charge in [-0.15, -0.1) is 0 Å². The average molecular weight is 660 g/mol. The highest BCUT2D eigenvalue weighted by Crippen LogP contribution is 2.35. The number of carbonyl (C=O) groups is 3. The van der Waals surface area contributed by atoms with E-state index in [0.29, 0.717) is 34.1 Å². The molecule has 1 atom stereocenters. The SMILES string of the molecule is CS(=O)(=O)c1cccc(C[C@H](NC(=O)c2c(Cl)cc3c(c2Br)CCN(C(=O)c2ccc4ccoc4c2)C3)C(=O)O)c1. The Bertz CT molecular complexity index is 1820. The summed E-state index contributed by atoms with van der Waals surface area (Å²) in [5.74, 6) is -2.14. The first-order chi connectivity index (χ1) is 19.4. The van der Waals surface area contributed by atoms with Gasteiger partial charge in [-0.1, -0.05) is 29.8 Å². The molecule has 0 radical (unpaired) electrons. The lowest BCUT2D eigenvalue weighted by Crippen LogP contribution is -2.43. The zero-order valence-corrected chi connectivity index (χ0v) is 24.8. The summed E-state index contributed by atoms with van der Waals surface area (Å²) >= 11 is 10.0. The normalized spacial score (nSPS) is 14.0. The van der Waals surface area contributed by atoms with Crippen LogP contribution in [0, 0.1) is 0 Å². The molecule has 9 nitrogen and oxygen atoms in total. The molecule has 2 amide bonds. The molecule has 212 valence electrons. The third-order valence-corrected chi connectivity index (χ3v) is 9.28. The molecule has 3 aromatic carbocycles. The van der Waals surface area contributed by atoms with Crippen molar-refractivity contribution in [3.05, 3.63) is 98.2 Å². The maximum atomic E-state index is 13.3. The molecule has 1 aliphatic rings. The molecule has 2 N–H and O–H groups in total. The number of benzene rings is 3. The van der Waals surface area contributed by atoms with Gasteiger partial charge in [-0.25, -0.2) is 13.2 Å². The molecule has 0 saturated carbocycles. The first-order valence-electron chi connectivity index (χ1n) is 12.5. The van der Waals surface area contributed by atoms with Gasteiger partial charge in [0.1, 0.15) is 11.6 Å². The van der Waals surface area contributed by atoms with Gasteiger partial charge in [-0.05, 0) is 75.4 Å². The summed E-state index contributed by atoms with van der Waals surface area (Å²) in [4.78, 5) is 40.3. The van der Waals surface area contributed by atoms with Gasteiger partial charge in [0.05, 0.1) is 21.7 Å². The molecule has 0 spiro atoms. The molecule has 0 unspecified atom stereocenters. The summed E-state index contributed by atoms with van der Waals surface area (Å²) in [5, 5.41) is 13.3. The lowest BCUT2D eigenvalue weighted by Gasteiger charge is -2.30. The van der Waals surface area contributed by atoms with Crippen molar-refractivity contribution in [2.24, 2.45) is 0 Å². The fourth-order valence-corrected chi connectivity index (χ4v) is 6.84. The lowest BCUT2D eigenvalue weighted by atomic mass is 9.96. The number of rotatable bonds is 7. The van der Waals surface area contributed by atoms with Crippen molar-refractivity contribution in [2.45, 2.75) is 30.3 Å². The summed E-state index contributed by atoms with van der Waals surface area (Å²) in [6, 6.07) is 13.3. The molecule has 0 aliphatic carbocycles. The van der Waals surface area contributed by atoms with Gasteiger partial charge < -0.3 is 19.7 Å². The largest absolute Gasteiger partial charge is 0.480 e. The number of carbonyl (C=O) groups excluding carboxylic acids is 2. The van der Waals surface area contributed by atoms with Gasteiger partial charge in [0, 0.05) is 41.2 Å². The predicted molar refractivity (Wildman–Crippen MR) is 156 cm³/mol. The van der Waals surface area contributed by atoms with Crippen molar-refractivity contribution in [3.63, 3.8) is 0 Å². The van der Waals surface area contributed by atoms with Crippen LogP contribution in [0.3, 0.4) is 0 Å². The van der Waals surface area contributed by atoms with E-state index >= 15 is 0 Å². The number of sulfone groups is 1. The van der Waals surface area contributed by atoms with E-state index in [2.05, 4.69) is 21.2 Å². The van der Waals surface area contributed by atoms with Gasteiger partial charge in [0.25, 0.3) is 11.8 Å². The number of fused-ring (bicyclic) bond motifs is 2.